The number of hydrogen-bond acceptors (Lipinski definition) is 5. The third-order valence-corrected chi connectivity index (χ3v) is 4.06. The Balaban J connectivity index is 1.61. The average molecular weight is 392 g/mol. The molecule has 148 valence electrons. The number of benzene rings is 2. The van der Waals surface area contributed by atoms with Crippen molar-refractivity contribution in [1.82, 2.24) is 10.3 Å². The second kappa shape index (κ2) is 8.35. The van der Waals surface area contributed by atoms with Crippen LogP contribution in [-0.2, 0) is 19.3 Å². The van der Waals surface area contributed by atoms with Crippen molar-refractivity contribution in [1.29, 1.82) is 0 Å². The van der Waals surface area contributed by atoms with Crippen molar-refractivity contribution < 1.29 is 27.1 Å². The van der Waals surface area contributed by atoms with E-state index in [0.29, 0.717) is 35.8 Å². The zero-order chi connectivity index (χ0) is 20.1. The molecule has 0 saturated carbocycles. The van der Waals surface area contributed by atoms with Crippen LogP contribution in [0, 0.1) is 0 Å². The summed E-state index contributed by atoms with van der Waals surface area (Å²) in [6, 6.07) is 10.3. The summed E-state index contributed by atoms with van der Waals surface area (Å²) in [5, 5.41) is 3.23. The Morgan fingerprint density at radius 2 is 1.61 bits per heavy atom. The number of alkyl halides is 3. The normalized spacial score (nSPS) is 11.5. The van der Waals surface area contributed by atoms with Gasteiger partial charge in [0.05, 0.1) is 25.5 Å². The van der Waals surface area contributed by atoms with E-state index in [1.165, 1.54) is 18.4 Å². The van der Waals surface area contributed by atoms with Gasteiger partial charge in [-0.3, -0.25) is 0 Å². The average Bonchev–Trinajstić information content (AvgIpc) is 3.16. The fourth-order valence-electron chi connectivity index (χ4n) is 2.63. The SMILES string of the molecule is COc1cc(CNCc2coc(-c3ccc(C(F)(F)F)cc3)n2)cc(OC)c1. The predicted molar refractivity (Wildman–Crippen MR) is 97.0 cm³/mol. The molecule has 0 radical (unpaired) electrons. The summed E-state index contributed by atoms with van der Waals surface area (Å²) in [4.78, 5) is 4.31. The highest BCUT2D eigenvalue weighted by Crippen LogP contribution is 2.30. The highest BCUT2D eigenvalue weighted by molar-refractivity contribution is 5.54. The van der Waals surface area contributed by atoms with Crippen LogP contribution in [0.4, 0.5) is 13.2 Å². The lowest BCUT2D eigenvalue weighted by Gasteiger charge is -2.09. The maximum Gasteiger partial charge on any atom is 0.416 e. The van der Waals surface area contributed by atoms with E-state index in [2.05, 4.69) is 10.3 Å². The molecular weight excluding hydrogens is 373 g/mol. The van der Waals surface area contributed by atoms with Crippen LogP contribution in [-0.4, -0.2) is 19.2 Å². The molecule has 1 heterocycles. The number of oxazole rings is 1. The monoisotopic (exact) mass is 392 g/mol. The first-order valence-corrected chi connectivity index (χ1v) is 8.44. The molecule has 0 atom stereocenters. The van der Waals surface area contributed by atoms with Crippen molar-refractivity contribution in [3.05, 3.63) is 65.5 Å². The minimum Gasteiger partial charge on any atom is -0.497 e. The van der Waals surface area contributed by atoms with Gasteiger partial charge in [0, 0.05) is 24.7 Å². The van der Waals surface area contributed by atoms with Gasteiger partial charge in [0.1, 0.15) is 17.8 Å². The van der Waals surface area contributed by atoms with E-state index >= 15 is 0 Å². The second-order valence-corrected chi connectivity index (χ2v) is 6.04. The number of methoxy groups -OCH3 is 2. The van der Waals surface area contributed by atoms with Crippen molar-refractivity contribution in [2.45, 2.75) is 19.3 Å². The van der Waals surface area contributed by atoms with Gasteiger partial charge in [-0.25, -0.2) is 4.98 Å². The van der Waals surface area contributed by atoms with Crippen LogP contribution in [0.1, 0.15) is 16.8 Å². The number of halogens is 3. The van der Waals surface area contributed by atoms with Crippen LogP contribution in [0.3, 0.4) is 0 Å². The third kappa shape index (κ3) is 4.83. The lowest BCUT2D eigenvalue weighted by molar-refractivity contribution is -0.137. The summed E-state index contributed by atoms with van der Waals surface area (Å²) >= 11 is 0. The molecule has 8 heteroatoms. The fourth-order valence-corrected chi connectivity index (χ4v) is 2.63. The Bertz CT molecular complexity index is 899. The Hall–Kier alpha value is -3.00. The van der Waals surface area contributed by atoms with Crippen LogP contribution >= 0.6 is 0 Å². The maximum absolute atomic E-state index is 12.6. The zero-order valence-corrected chi connectivity index (χ0v) is 15.3. The van der Waals surface area contributed by atoms with Gasteiger partial charge in [0.2, 0.25) is 5.89 Å². The van der Waals surface area contributed by atoms with Crippen LogP contribution in [0.5, 0.6) is 11.5 Å². The van der Waals surface area contributed by atoms with Crippen LogP contribution in [0.2, 0.25) is 0 Å². The molecule has 0 fully saturated rings. The largest absolute Gasteiger partial charge is 0.497 e. The van der Waals surface area contributed by atoms with E-state index in [0.717, 1.165) is 17.7 Å². The second-order valence-electron chi connectivity index (χ2n) is 6.04. The first-order chi connectivity index (χ1) is 13.4. The third-order valence-electron chi connectivity index (χ3n) is 4.06. The number of rotatable bonds is 7. The minimum absolute atomic E-state index is 0.272. The number of aromatic nitrogens is 1. The molecule has 2 aromatic carbocycles. The fraction of sp³-hybridized carbons (Fsp3) is 0.250. The molecule has 0 bridgehead atoms. The summed E-state index contributed by atoms with van der Waals surface area (Å²) in [5.74, 6) is 1.66. The lowest BCUT2D eigenvalue weighted by Crippen LogP contribution is -2.13. The molecule has 1 N–H and O–H groups in total. The van der Waals surface area contributed by atoms with Crippen molar-refractivity contribution >= 4 is 0 Å². The maximum atomic E-state index is 12.6. The van der Waals surface area contributed by atoms with E-state index in [1.807, 2.05) is 12.1 Å². The van der Waals surface area contributed by atoms with E-state index in [-0.39, 0.29) is 5.89 Å². The highest BCUT2D eigenvalue weighted by Gasteiger charge is 2.30. The van der Waals surface area contributed by atoms with Gasteiger partial charge in [-0.05, 0) is 42.0 Å². The van der Waals surface area contributed by atoms with Crippen LogP contribution < -0.4 is 14.8 Å². The van der Waals surface area contributed by atoms with Gasteiger partial charge in [0.25, 0.3) is 0 Å². The molecule has 0 unspecified atom stereocenters. The summed E-state index contributed by atoms with van der Waals surface area (Å²) in [6.07, 6.45) is -2.89. The molecule has 0 aliphatic carbocycles. The molecule has 0 amide bonds. The van der Waals surface area contributed by atoms with E-state index < -0.39 is 11.7 Å². The van der Waals surface area contributed by atoms with Gasteiger partial charge in [-0.15, -0.1) is 0 Å². The lowest BCUT2D eigenvalue weighted by atomic mass is 10.1. The van der Waals surface area contributed by atoms with Crippen molar-refractivity contribution in [2.75, 3.05) is 14.2 Å². The molecule has 3 aromatic rings. The Labute approximate surface area is 160 Å². The Kier molecular flexibility index (Phi) is 5.89. The van der Waals surface area contributed by atoms with Crippen LogP contribution in [0.25, 0.3) is 11.5 Å². The molecular formula is C20H19F3N2O3. The number of nitrogens with zero attached hydrogens (tertiary/aromatic N) is 1. The molecule has 0 aliphatic rings. The summed E-state index contributed by atoms with van der Waals surface area (Å²) < 4.78 is 53.8. The van der Waals surface area contributed by atoms with Gasteiger partial charge >= 0.3 is 6.18 Å². The molecule has 0 spiro atoms. The molecule has 0 saturated heterocycles. The smallest absolute Gasteiger partial charge is 0.416 e. The van der Waals surface area contributed by atoms with Crippen molar-refractivity contribution in [2.24, 2.45) is 0 Å². The number of hydrogen-bond donors (Lipinski definition) is 1. The first-order valence-electron chi connectivity index (χ1n) is 8.44. The predicted octanol–water partition coefficient (Wildman–Crippen LogP) is 4.67. The molecule has 3 rings (SSSR count). The topological polar surface area (TPSA) is 56.5 Å². The van der Waals surface area contributed by atoms with Gasteiger partial charge in [0.15, 0.2) is 0 Å². The van der Waals surface area contributed by atoms with Gasteiger partial charge in [-0.1, -0.05) is 0 Å². The standard InChI is InChI=1S/C20H19F3N2O3/c1-26-17-7-13(8-18(9-17)27-2)10-24-11-16-12-28-19(25-16)14-3-5-15(6-4-14)20(21,22)23/h3-9,12,24H,10-11H2,1-2H3. The molecule has 0 aliphatic heterocycles. The van der Waals surface area contributed by atoms with E-state index in [4.69, 9.17) is 13.9 Å². The first kappa shape index (κ1) is 19.8. The Morgan fingerprint density at radius 3 is 2.18 bits per heavy atom. The number of nitrogens with one attached hydrogen (secondary N) is 1. The van der Waals surface area contributed by atoms with Crippen LogP contribution in [0.15, 0.2) is 53.1 Å². The molecule has 28 heavy (non-hydrogen) atoms. The highest BCUT2D eigenvalue weighted by atomic mass is 19.4. The molecule has 5 nitrogen and oxygen atoms in total. The van der Waals surface area contributed by atoms with Crippen molar-refractivity contribution in [3.8, 4) is 23.0 Å². The number of ether oxygens (including phenoxy) is 2. The summed E-state index contributed by atoms with van der Waals surface area (Å²) in [5.41, 5.74) is 1.39. The van der Waals surface area contributed by atoms with Crippen molar-refractivity contribution in [3.63, 3.8) is 0 Å². The van der Waals surface area contributed by atoms with Gasteiger partial charge in [-0.2, -0.15) is 13.2 Å². The Morgan fingerprint density at radius 1 is 0.964 bits per heavy atom. The van der Waals surface area contributed by atoms with E-state index in [1.54, 1.807) is 20.3 Å². The van der Waals surface area contributed by atoms with Gasteiger partial charge < -0.3 is 19.2 Å². The quantitative estimate of drug-likeness (QED) is 0.633. The minimum atomic E-state index is -4.37. The zero-order valence-electron chi connectivity index (χ0n) is 15.3. The summed E-state index contributed by atoms with van der Waals surface area (Å²) in [6.45, 7) is 0.986. The molecule has 1 aromatic heterocycles. The van der Waals surface area contributed by atoms with E-state index in [9.17, 15) is 13.2 Å². The summed E-state index contributed by atoms with van der Waals surface area (Å²) in [7, 11) is 3.17.